The van der Waals surface area contributed by atoms with Crippen LogP contribution in [0.25, 0.3) is 22.3 Å². The average molecular weight is 398 g/mol. The molecule has 0 unspecified atom stereocenters. The third-order valence-electron chi connectivity index (χ3n) is 5.19. The Bertz CT molecular complexity index is 1320. The van der Waals surface area contributed by atoms with Gasteiger partial charge in [0.2, 0.25) is 0 Å². The number of rotatable bonds is 3. The van der Waals surface area contributed by atoms with E-state index in [2.05, 4.69) is 10.3 Å². The number of carbonyl (C=O) groups is 1. The topological polar surface area (TPSA) is 72.2 Å². The van der Waals surface area contributed by atoms with Crippen molar-refractivity contribution in [1.82, 2.24) is 4.98 Å². The molecular weight excluding hydrogens is 376 g/mol. The molecule has 0 bridgehead atoms. The van der Waals surface area contributed by atoms with Crippen LogP contribution in [-0.2, 0) is 0 Å². The number of nitrogens with zero attached hydrogens (tertiary/aromatic N) is 1. The van der Waals surface area contributed by atoms with E-state index in [9.17, 15) is 9.59 Å². The first-order chi connectivity index (χ1) is 14.4. The van der Waals surface area contributed by atoms with Gasteiger partial charge in [0.05, 0.1) is 22.3 Å². The first-order valence-electron chi connectivity index (χ1n) is 9.75. The van der Waals surface area contributed by atoms with Crippen LogP contribution >= 0.6 is 0 Å². The summed E-state index contributed by atoms with van der Waals surface area (Å²) in [6, 6.07) is 16.4. The number of carbonyl (C=O) groups excluding carboxylic acids is 1. The molecule has 30 heavy (non-hydrogen) atoms. The molecular formula is C25H22N2O3. The predicted molar refractivity (Wildman–Crippen MR) is 119 cm³/mol. The second-order valence-corrected chi connectivity index (χ2v) is 7.43. The Morgan fingerprint density at radius 1 is 0.967 bits per heavy atom. The Balaban J connectivity index is 1.87. The van der Waals surface area contributed by atoms with Crippen LogP contribution in [0.2, 0.25) is 0 Å². The van der Waals surface area contributed by atoms with Crippen LogP contribution in [0.1, 0.15) is 32.9 Å². The van der Waals surface area contributed by atoms with E-state index in [1.165, 1.54) is 0 Å². The van der Waals surface area contributed by atoms with Crippen molar-refractivity contribution in [3.8, 4) is 11.3 Å². The van der Waals surface area contributed by atoms with Gasteiger partial charge in [-0.1, -0.05) is 36.4 Å². The minimum atomic E-state index is -0.344. The second-order valence-electron chi connectivity index (χ2n) is 7.43. The molecule has 4 rings (SSSR count). The number of hydrogen-bond acceptors (Lipinski definition) is 4. The summed E-state index contributed by atoms with van der Waals surface area (Å²) in [5.74, 6) is 0.126. The van der Waals surface area contributed by atoms with Gasteiger partial charge in [-0.15, -0.1) is 0 Å². The van der Waals surface area contributed by atoms with Crippen molar-refractivity contribution < 1.29 is 9.21 Å². The van der Waals surface area contributed by atoms with Crippen LogP contribution in [0.5, 0.6) is 0 Å². The van der Waals surface area contributed by atoms with E-state index in [0.29, 0.717) is 28.0 Å². The molecule has 150 valence electrons. The van der Waals surface area contributed by atoms with Crippen molar-refractivity contribution in [1.29, 1.82) is 0 Å². The lowest BCUT2D eigenvalue weighted by molar-refractivity contribution is 0.102. The van der Waals surface area contributed by atoms with E-state index in [0.717, 1.165) is 22.5 Å². The van der Waals surface area contributed by atoms with Gasteiger partial charge in [0.15, 0.2) is 11.0 Å². The number of nitrogens with one attached hydrogen (secondary N) is 1. The molecule has 0 saturated carbocycles. The number of benzene rings is 2. The molecule has 2 heterocycles. The number of hydrogen-bond donors (Lipinski definition) is 1. The zero-order chi connectivity index (χ0) is 21.4. The van der Waals surface area contributed by atoms with Crippen molar-refractivity contribution in [2.24, 2.45) is 0 Å². The van der Waals surface area contributed by atoms with Gasteiger partial charge in [0.1, 0.15) is 5.76 Å². The molecule has 0 atom stereocenters. The number of anilines is 1. The Labute approximate surface area is 174 Å². The molecule has 1 amide bonds. The predicted octanol–water partition coefficient (Wildman–Crippen LogP) is 5.34. The molecule has 0 aliphatic heterocycles. The minimum absolute atomic E-state index is 0.144. The highest BCUT2D eigenvalue weighted by atomic mass is 16.3. The molecule has 5 heteroatoms. The van der Waals surface area contributed by atoms with Gasteiger partial charge >= 0.3 is 0 Å². The van der Waals surface area contributed by atoms with Crippen LogP contribution in [0, 0.1) is 27.7 Å². The van der Waals surface area contributed by atoms with Gasteiger partial charge in [-0.3, -0.25) is 14.6 Å². The summed E-state index contributed by atoms with van der Waals surface area (Å²) >= 11 is 0. The van der Waals surface area contributed by atoms with E-state index in [-0.39, 0.29) is 16.9 Å². The van der Waals surface area contributed by atoms with Crippen molar-refractivity contribution in [3.63, 3.8) is 0 Å². The summed E-state index contributed by atoms with van der Waals surface area (Å²) in [6.07, 6.45) is 0. The normalized spacial score (nSPS) is 10.9. The number of aromatic nitrogens is 1. The Morgan fingerprint density at radius 3 is 2.40 bits per heavy atom. The Hall–Kier alpha value is -3.73. The Kier molecular flexibility index (Phi) is 4.96. The lowest BCUT2D eigenvalue weighted by Crippen LogP contribution is -2.16. The summed E-state index contributed by atoms with van der Waals surface area (Å²) in [5, 5.41) is 3.33. The third kappa shape index (κ3) is 3.39. The molecule has 1 N–H and O–H groups in total. The maximum atomic E-state index is 13.2. The van der Waals surface area contributed by atoms with E-state index >= 15 is 0 Å². The van der Waals surface area contributed by atoms with Gasteiger partial charge < -0.3 is 9.73 Å². The largest absolute Gasteiger partial charge is 0.455 e. The standard InChI is InChI=1S/C25H22N2O3/c1-14-13-15(2)26-17(4)21(14)27-25(29)20-12-8-11-19-22(28)16(3)23(30-24(19)20)18-9-6-5-7-10-18/h5-13H,1-4H3,(H,27,29). The number of pyridine rings is 1. The molecule has 0 spiro atoms. The van der Waals surface area contributed by atoms with Crippen molar-refractivity contribution in [2.45, 2.75) is 27.7 Å². The molecule has 0 saturated heterocycles. The summed E-state index contributed by atoms with van der Waals surface area (Å²) < 4.78 is 6.15. The molecule has 0 aliphatic rings. The van der Waals surface area contributed by atoms with E-state index in [4.69, 9.17) is 4.42 Å². The Morgan fingerprint density at radius 2 is 1.70 bits per heavy atom. The molecule has 0 aliphatic carbocycles. The quantitative estimate of drug-likeness (QED) is 0.505. The van der Waals surface area contributed by atoms with Gasteiger partial charge in [0, 0.05) is 16.8 Å². The van der Waals surface area contributed by atoms with Gasteiger partial charge in [-0.05, 0) is 51.5 Å². The van der Waals surface area contributed by atoms with Gasteiger partial charge in [-0.2, -0.15) is 0 Å². The second kappa shape index (κ2) is 7.59. The minimum Gasteiger partial charge on any atom is -0.455 e. The molecule has 0 fully saturated rings. The number of fused-ring (bicyclic) bond motifs is 1. The van der Waals surface area contributed by atoms with Crippen molar-refractivity contribution in [3.05, 3.63) is 92.9 Å². The van der Waals surface area contributed by atoms with E-state index < -0.39 is 0 Å². The molecule has 5 nitrogen and oxygen atoms in total. The fraction of sp³-hybridized carbons (Fsp3) is 0.160. The number of para-hydroxylation sites is 1. The zero-order valence-electron chi connectivity index (χ0n) is 17.4. The van der Waals surface area contributed by atoms with Crippen molar-refractivity contribution in [2.75, 3.05) is 5.32 Å². The van der Waals surface area contributed by atoms with E-state index in [1.54, 1.807) is 25.1 Å². The third-order valence-corrected chi connectivity index (χ3v) is 5.19. The molecule has 0 radical (unpaired) electrons. The first-order valence-corrected chi connectivity index (χ1v) is 9.75. The summed E-state index contributed by atoms with van der Waals surface area (Å²) in [5.41, 5.74) is 4.97. The lowest BCUT2D eigenvalue weighted by Gasteiger charge is -2.13. The summed E-state index contributed by atoms with van der Waals surface area (Å²) in [6.45, 7) is 7.44. The van der Waals surface area contributed by atoms with Crippen LogP contribution in [0.15, 0.2) is 63.8 Å². The fourth-order valence-corrected chi connectivity index (χ4v) is 3.75. The highest BCUT2D eigenvalue weighted by molar-refractivity contribution is 6.12. The zero-order valence-corrected chi connectivity index (χ0v) is 17.4. The summed E-state index contributed by atoms with van der Waals surface area (Å²) in [7, 11) is 0. The smallest absolute Gasteiger partial charge is 0.259 e. The maximum absolute atomic E-state index is 13.2. The SMILES string of the molecule is Cc1cc(C)c(NC(=O)c2cccc3c(=O)c(C)c(-c4ccccc4)oc23)c(C)n1. The van der Waals surface area contributed by atoms with Crippen molar-refractivity contribution >= 4 is 22.6 Å². The lowest BCUT2D eigenvalue weighted by atomic mass is 10.0. The molecule has 2 aromatic heterocycles. The highest BCUT2D eigenvalue weighted by Gasteiger charge is 2.19. The monoisotopic (exact) mass is 398 g/mol. The van der Waals surface area contributed by atoms with E-state index in [1.807, 2.05) is 57.2 Å². The molecule has 4 aromatic rings. The highest BCUT2D eigenvalue weighted by Crippen LogP contribution is 2.28. The maximum Gasteiger partial charge on any atom is 0.259 e. The van der Waals surface area contributed by atoms with Crippen LogP contribution in [-0.4, -0.2) is 10.9 Å². The van der Waals surface area contributed by atoms with Crippen LogP contribution in [0.3, 0.4) is 0 Å². The first kappa shape index (κ1) is 19.6. The number of aryl methyl sites for hydroxylation is 3. The van der Waals surface area contributed by atoms with Gasteiger partial charge in [0.25, 0.3) is 5.91 Å². The fourth-order valence-electron chi connectivity index (χ4n) is 3.75. The van der Waals surface area contributed by atoms with Crippen LogP contribution < -0.4 is 10.7 Å². The average Bonchev–Trinajstić information content (AvgIpc) is 2.73. The summed E-state index contributed by atoms with van der Waals surface area (Å²) in [4.78, 5) is 30.6. The molecule has 2 aromatic carbocycles. The van der Waals surface area contributed by atoms with Gasteiger partial charge in [-0.25, -0.2) is 0 Å². The van der Waals surface area contributed by atoms with Crippen LogP contribution in [0.4, 0.5) is 5.69 Å². The number of amides is 1.